The molecule has 0 unspecified atom stereocenters. The summed E-state index contributed by atoms with van der Waals surface area (Å²) < 4.78 is 10.5. The Balaban J connectivity index is 2.80. The molecule has 0 saturated carbocycles. The van der Waals surface area contributed by atoms with Crippen LogP contribution >= 0.6 is 11.6 Å². The summed E-state index contributed by atoms with van der Waals surface area (Å²) in [4.78, 5) is 0. The van der Waals surface area contributed by atoms with Crippen LogP contribution < -0.4 is 0 Å². The van der Waals surface area contributed by atoms with Crippen LogP contribution in [0, 0.1) is 6.58 Å². The van der Waals surface area contributed by atoms with E-state index in [9.17, 15) is 4.39 Å². The van der Waals surface area contributed by atoms with E-state index in [-0.39, 0.29) is 0 Å². The maximum atomic E-state index is 10.5. The van der Waals surface area contributed by atoms with Gasteiger partial charge in [-0.3, -0.25) is 0 Å². The molecule has 4 heavy (non-hydrogen) atoms. The Morgan fingerprint density at radius 1 is 2.00 bits per heavy atom. The van der Waals surface area contributed by atoms with E-state index in [1.807, 2.05) is 0 Å². The molecule has 0 spiro atoms. The topological polar surface area (TPSA) is 0 Å². The largest absolute Gasteiger partial charge is 0.194 e. The molecule has 0 saturated heterocycles. The van der Waals surface area contributed by atoms with Crippen molar-refractivity contribution < 1.29 is 4.39 Å². The van der Waals surface area contributed by atoms with Crippen LogP contribution in [-0.2, 0) is 0 Å². The lowest BCUT2D eigenvalue weighted by molar-refractivity contribution is 0.696. The minimum atomic E-state index is -1.11. The molecule has 0 bridgehead atoms. The van der Waals surface area contributed by atoms with Crippen molar-refractivity contribution in [3.05, 3.63) is 11.9 Å². The summed E-state index contributed by atoms with van der Waals surface area (Å²) in [5.41, 5.74) is 0. The zero-order chi connectivity index (χ0) is 3.58. The molecular weight excluding hydrogens is 78.5 g/mol. The highest BCUT2D eigenvalue weighted by Gasteiger charge is 1.63. The Hall–Kier alpha value is -0.0400. The van der Waals surface area contributed by atoms with Crippen LogP contribution in [0.3, 0.4) is 0 Å². The van der Waals surface area contributed by atoms with Gasteiger partial charge in [0, 0.05) is 0 Å². The van der Waals surface area contributed by atoms with Crippen LogP contribution in [0.1, 0.15) is 0 Å². The van der Waals surface area contributed by atoms with E-state index in [1.165, 1.54) is 0 Å². The van der Waals surface area contributed by atoms with Gasteiger partial charge in [0.05, 0.1) is 0 Å². The van der Waals surface area contributed by atoms with Crippen LogP contribution in [0.25, 0.3) is 0 Å². The summed E-state index contributed by atoms with van der Waals surface area (Å²) in [7, 11) is 0. The predicted molar refractivity (Wildman–Crippen MR) is 14.8 cm³/mol. The molecule has 0 heterocycles. The first-order chi connectivity index (χ1) is 1.73. The molecule has 0 aromatic rings. The highest BCUT2D eigenvalue weighted by molar-refractivity contribution is 6.27. The minimum Gasteiger partial charge on any atom is -0.194 e. The van der Waals surface area contributed by atoms with E-state index in [0.717, 1.165) is 0 Å². The van der Waals surface area contributed by atoms with Gasteiger partial charge in [-0.25, -0.2) is 0 Å². The van der Waals surface area contributed by atoms with E-state index >= 15 is 0 Å². The molecule has 0 atom stereocenters. The fraction of sp³-hybridized carbons (Fsp3) is 0. The van der Waals surface area contributed by atoms with Crippen LogP contribution in [0.15, 0.2) is 5.29 Å². The van der Waals surface area contributed by atoms with Crippen molar-refractivity contribution in [1.82, 2.24) is 0 Å². The van der Waals surface area contributed by atoms with Crippen molar-refractivity contribution in [2.24, 2.45) is 0 Å². The Bertz CT molecular complexity index is 29.0. The number of halogens is 2. The van der Waals surface area contributed by atoms with Gasteiger partial charge < -0.3 is 0 Å². The van der Waals surface area contributed by atoms with E-state index in [4.69, 9.17) is 0 Å². The third kappa shape index (κ3) is 1130. The lowest BCUT2D eigenvalue weighted by atomic mass is 11.2. The van der Waals surface area contributed by atoms with Crippen molar-refractivity contribution in [3.8, 4) is 0 Å². The van der Waals surface area contributed by atoms with Crippen LogP contribution in [0.2, 0.25) is 0 Å². The molecule has 0 aromatic carbocycles. The summed E-state index contributed by atoms with van der Waals surface area (Å²) in [6, 6.07) is 0. The summed E-state index contributed by atoms with van der Waals surface area (Å²) in [5, 5.41) is -1.11. The predicted octanol–water partition coefficient (Wildman–Crippen LogP) is 1.47. The molecule has 0 rings (SSSR count). The average molecular weight is 79.5 g/mol. The van der Waals surface area contributed by atoms with Crippen molar-refractivity contribution >= 4 is 11.6 Å². The van der Waals surface area contributed by atoms with Gasteiger partial charge in [-0.15, -0.1) is 0 Å². The molecule has 0 amide bonds. The minimum absolute atomic E-state index is 1.11. The van der Waals surface area contributed by atoms with E-state index < -0.39 is 5.29 Å². The van der Waals surface area contributed by atoms with Crippen molar-refractivity contribution in [2.45, 2.75) is 0 Å². The van der Waals surface area contributed by atoms with E-state index in [0.29, 0.717) is 0 Å². The quantitative estimate of drug-likeness (QED) is 0.412. The average Bonchev–Trinajstić information content (AvgIpc) is 0.811. The van der Waals surface area contributed by atoms with Gasteiger partial charge in [-0.1, -0.05) is 11.6 Å². The van der Waals surface area contributed by atoms with Gasteiger partial charge >= 0.3 is 0 Å². The summed E-state index contributed by atoms with van der Waals surface area (Å²) in [6.45, 7) is 4.13. The van der Waals surface area contributed by atoms with Crippen molar-refractivity contribution in [1.29, 1.82) is 0 Å². The third-order valence-electron chi connectivity index (χ3n) is 0. The maximum absolute atomic E-state index is 10.5. The van der Waals surface area contributed by atoms with Crippen LogP contribution in [0.4, 0.5) is 4.39 Å². The smallest absolute Gasteiger partial charge is 0.189 e. The first-order valence-corrected chi connectivity index (χ1v) is 1.04. The molecule has 0 nitrogen and oxygen atoms in total. The van der Waals surface area contributed by atoms with E-state index in [2.05, 4.69) is 18.2 Å². The molecule has 0 aliphatic heterocycles. The number of hydrogen-bond acceptors (Lipinski definition) is 0. The van der Waals surface area contributed by atoms with Gasteiger partial charge in [0.2, 0.25) is 0 Å². The maximum Gasteiger partial charge on any atom is 0.189 e. The highest BCUT2D eigenvalue weighted by Crippen LogP contribution is 1.91. The molecule has 0 N–H and O–H groups in total. The molecule has 0 aliphatic rings. The molecule has 2 heteroatoms. The number of hydrogen-bond donors (Lipinski definition) is 0. The molecular formula is C2HClF. The highest BCUT2D eigenvalue weighted by atomic mass is 35.5. The monoisotopic (exact) mass is 79.0 g/mol. The fourth-order valence-corrected chi connectivity index (χ4v) is 0. The van der Waals surface area contributed by atoms with Gasteiger partial charge in [0.25, 0.3) is 0 Å². The van der Waals surface area contributed by atoms with Crippen molar-refractivity contribution in [3.63, 3.8) is 0 Å². The van der Waals surface area contributed by atoms with Crippen LogP contribution in [-0.4, -0.2) is 0 Å². The second kappa shape index (κ2) is 1.30. The molecule has 1 radical (unpaired) electrons. The molecule has 0 aromatic heterocycles. The SMILES string of the molecule is [CH]=C(F)Cl. The Kier molecular flexibility index (Phi) is 1.28. The molecule has 23 valence electrons. The van der Waals surface area contributed by atoms with Gasteiger partial charge in [0.15, 0.2) is 5.29 Å². The van der Waals surface area contributed by atoms with Crippen molar-refractivity contribution in [2.75, 3.05) is 0 Å². The van der Waals surface area contributed by atoms with E-state index in [1.54, 1.807) is 0 Å². The van der Waals surface area contributed by atoms with Gasteiger partial charge in [-0.05, 0) is 6.58 Å². The van der Waals surface area contributed by atoms with Gasteiger partial charge in [0.1, 0.15) is 0 Å². The second-order valence-corrected chi connectivity index (χ2v) is 0.651. The summed E-state index contributed by atoms with van der Waals surface area (Å²) in [5.74, 6) is 0. The zero-order valence-corrected chi connectivity index (χ0v) is 2.59. The first-order valence-electron chi connectivity index (χ1n) is 0.667. The third-order valence-corrected chi connectivity index (χ3v) is 0. The molecule has 0 aliphatic carbocycles. The normalized spacial score (nSPS) is 6.50. The van der Waals surface area contributed by atoms with Crippen LogP contribution in [0.5, 0.6) is 0 Å². The number of rotatable bonds is 0. The summed E-state index contributed by atoms with van der Waals surface area (Å²) in [6.07, 6.45) is 0. The Morgan fingerprint density at radius 2 is 2.00 bits per heavy atom. The molecule has 0 fully saturated rings. The standard InChI is InChI=1S/C2HClF/c1-2(3)4/h1H. The second-order valence-electron chi connectivity index (χ2n) is 0.290. The van der Waals surface area contributed by atoms with Gasteiger partial charge in [-0.2, -0.15) is 4.39 Å². The summed E-state index contributed by atoms with van der Waals surface area (Å²) >= 11 is 4.30. The lowest BCUT2D eigenvalue weighted by Crippen LogP contribution is -1.29. The first kappa shape index (κ1) is 3.96. The lowest BCUT2D eigenvalue weighted by Gasteiger charge is -1.54. The fourth-order valence-electron chi connectivity index (χ4n) is 0. The Labute approximate surface area is 28.9 Å². The Morgan fingerprint density at radius 3 is 2.00 bits per heavy atom. The zero-order valence-electron chi connectivity index (χ0n) is 1.83.